The van der Waals surface area contributed by atoms with E-state index in [2.05, 4.69) is 0 Å². The van der Waals surface area contributed by atoms with Gasteiger partial charge in [-0.3, -0.25) is 14.4 Å². The molecule has 2 aliphatic heterocycles. The molecular formula is C23H32O6. The maximum absolute atomic E-state index is 11.0. The van der Waals surface area contributed by atoms with Gasteiger partial charge in [-0.25, -0.2) is 0 Å². The minimum absolute atomic E-state index is 0.00509. The van der Waals surface area contributed by atoms with Crippen LogP contribution >= 0.6 is 0 Å². The van der Waals surface area contributed by atoms with Gasteiger partial charge in [-0.05, 0) is 58.6 Å². The molecule has 1 aliphatic carbocycles. The van der Waals surface area contributed by atoms with Gasteiger partial charge >= 0.3 is 0 Å². The van der Waals surface area contributed by atoms with Crippen molar-refractivity contribution in [3.05, 3.63) is 24.3 Å². The standard InChI is InChI=1S/C10H10O3.C7H12O.C6H10O2/c1-7(11)10-6-12-8-4-2-3-5-9(8)13-10;1-6(8)7-4-2-3-5-7;1-5(7)6-3-2-4-8-6/h2-5,10H,6H2,1H3;7H,2-5H2,1H3;6H,2-4H2,1H3. The molecule has 1 saturated carbocycles. The number of carbonyl (C=O) groups excluding carboxylic acids is 3. The van der Waals surface area contributed by atoms with Crippen LogP contribution in [0, 0.1) is 5.92 Å². The topological polar surface area (TPSA) is 78.9 Å². The molecule has 1 aromatic carbocycles. The molecule has 2 atom stereocenters. The van der Waals surface area contributed by atoms with Crippen LogP contribution in [0.2, 0.25) is 0 Å². The van der Waals surface area contributed by atoms with E-state index in [1.165, 1.54) is 19.8 Å². The first-order valence-corrected chi connectivity index (χ1v) is 10.4. The average Bonchev–Trinajstić information content (AvgIpc) is 3.42. The Morgan fingerprint density at radius 2 is 1.41 bits per heavy atom. The van der Waals surface area contributed by atoms with Crippen molar-refractivity contribution in [2.45, 2.75) is 71.5 Å². The minimum atomic E-state index is -0.449. The van der Waals surface area contributed by atoms with Gasteiger partial charge in [0.05, 0.1) is 0 Å². The molecule has 0 spiro atoms. The number of hydrogen-bond donors (Lipinski definition) is 0. The summed E-state index contributed by atoms with van der Waals surface area (Å²) in [7, 11) is 0. The van der Waals surface area contributed by atoms with E-state index in [1.54, 1.807) is 19.9 Å². The van der Waals surface area contributed by atoms with Crippen LogP contribution in [-0.4, -0.2) is 42.8 Å². The summed E-state index contributed by atoms with van der Waals surface area (Å²) in [6, 6.07) is 7.34. The van der Waals surface area contributed by atoms with Crippen molar-refractivity contribution < 1.29 is 28.6 Å². The van der Waals surface area contributed by atoms with Gasteiger partial charge < -0.3 is 14.2 Å². The van der Waals surface area contributed by atoms with Crippen molar-refractivity contribution in [3.8, 4) is 11.5 Å². The van der Waals surface area contributed by atoms with Gasteiger partial charge in [-0.15, -0.1) is 0 Å². The Hall–Kier alpha value is -2.21. The summed E-state index contributed by atoms with van der Waals surface area (Å²) in [5, 5.41) is 0. The molecule has 2 heterocycles. The molecule has 0 radical (unpaired) electrons. The number of para-hydroxylation sites is 2. The van der Waals surface area contributed by atoms with Crippen LogP contribution in [0.5, 0.6) is 11.5 Å². The summed E-state index contributed by atoms with van der Waals surface area (Å²) in [6.07, 6.45) is 6.28. The van der Waals surface area contributed by atoms with Crippen LogP contribution in [0.25, 0.3) is 0 Å². The highest BCUT2D eigenvalue weighted by Gasteiger charge is 2.23. The number of ketones is 3. The van der Waals surface area contributed by atoms with Crippen molar-refractivity contribution in [3.63, 3.8) is 0 Å². The summed E-state index contributed by atoms with van der Waals surface area (Å²) in [5.41, 5.74) is 0. The predicted octanol–water partition coefficient (Wildman–Crippen LogP) is 3.94. The highest BCUT2D eigenvalue weighted by atomic mass is 16.6. The van der Waals surface area contributed by atoms with Crippen molar-refractivity contribution in [2.75, 3.05) is 13.2 Å². The molecule has 6 heteroatoms. The summed E-state index contributed by atoms with van der Waals surface area (Å²) >= 11 is 0. The molecular weight excluding hydrogens is 372 g/mol. The second-order valence-corrected chi connectivity index (χ2v) is 7.68. The quantitative estimate of drug-likeness (QED) is 0.759. The third kappa shape index (κ3) is 7.61. The first-order valence-electron chi connectivity index (χ1n) is 10.4. The van der Waals surface area contributed by atoms with Gasteiger partial charge in [0.1, 0.15) is 18.5 Å². The van der Waals surface area contributed by atoms with Crippen molar-refractivity contribution in [1.82, 2.24) is 0 Å². The Kier molecular flexibility index (Phi) is 9.32. The number of hydrogen-bond acceptors (Lipinski definition) is 6. The van der Waals surface area contributed by atoms with E-state index in [9.17, 15) is 14.4 Å². The van der Waals surface area contributed by atoms with Gasteiger partial charge in [-0.2, -0.15) is 0 Å². The summed E-state index contributed by atoms with van der Waals surface area (Å²) in [4.78, 5) is 32.2. The van der Waals surface area contributed by atoms with Crippen LogP contribution in [0.4, 0.5) is 0 Å². The van der Waals surface area contributed by atoms with Crippen LogP contribution in [0.1, 0.15) is 59.3 Å². The SMILES string of the molecule is CC(=O)C1CCCC1.CC(=O)C1CCCO1.CC(=O)C1COc2ccccc2O1. The number of fused-ring (bicyclic) bond motifs is 1. The third-order valence-electron chi connectivity index (χ3n) is 5.28. The Morgan fingerprint density at radius 1 is 0.793 bits per heavy atom. The molecule has 29 heavy (non-hydrogen) atoms. The van der Waals surface area contributed by atoms with E-state index in [1.807, 2.05) is 18.2 Å². The highest BCUT2D eigenvalue weighted by Crippen LogP contribution is 2.30. The zero-order valence-electron chi connectivity index (χ0n) is 17.6. The van der Waals surface area contributed by atoms with Crippen molar-refractivity contribution in [1.29, 1.82) is 0 Å². The van der Waals surface area contributed by atoms with Crippen LogP contribution in [0.3, 0.4) is 0 Å². The number of Topliss-reactive ketones (excluding diaryl/α,β-unsaturated/α-hetero) is 3. The number of ether oxygens (including phenoxy) is 3. The third-order valence-corrected chi connectivity index (χ3v) is 5.28. The van der Waals surface area contributed by atoms with Gasteiger partial charge in [0, 0.05) is 12.5 Å². The fraction of sp³-hybridized carbons (Fsp3) is 0.609. The lowest BCUT2D eigenvalue weighted by molar-refractivity contribution is -0.126. The highest BCUT2D eigenvalue weighted by molar-refractivity contribution is 5.81. The smallest absolute Gasteiger partial charge is 0.190 e. The molecule has 0 amide bonds. The molecule has 4 rings (SSSR count). The molecule has 160 valence electrons. The lowest BCUT2D eigenvalue weighted by atomic mass is 10.0. The molecule has 1 saturated heterocycles. The summed E-state index contributed by atoms with van der Waals surface area (Å²) < 4.78 is 15.8. The molecule has 1 aromatic rings. The first kappa shape index (κ1) is 23.1. The summed E-state index contributed by atoms with van der Waals surface area (Å²) in [5.74, 6) is 2.34. The summed E-state index contributed by atoms with van der Waals surface area (Å²) in [6.45, 7) is 5.87. The maximum Gasteiger partial charge on any atom is 0.190 e. The normalized spacial score (nSPS) is 22.6. The Labute approximate surface area is 172 Å². The maximum atomic E-state index is 11.0. The van der Waals surface area contributed by atoms with Crippen LogP contribution in [-0.2, 0) is 19.1 Å². The minimum Gasteiger partial charge on any atom is -0.485 e. The molecule has 0 N–H and O–H groups in total. The van der Waals surface area contributed by atoms with Crippen LogP contribution in [0.15, 0.2) is 24.3 Å². The zero-order valence-corrected chi connectivity index (χ0v) is 17.6. The Morgan fingerprint density at radius 3 is 1.86 bits per heavy atom. The molecule has 2 unspecified atom stereocenters. The molecule has 2 fully saturated rings. The Bertz CT molecular complexity index is 660. The number of benzene rings is 1. The number of rotatable bonds is 3. The number of carbonyl (C=O) groups is 3. The van der Waals surface area contributed by atoms with Gasteiger partial charge in [-0.1, -0.05) is 25.0 Å². The second-order valence-electron chi connectivity index (χ2n) is 7.68. The molecule has 3 aliphatic rings. The average molecular weight is 405 g/mol. The van der Waals surface area contributed by atoms with Crippen molar-refractivity contribution >= 4 is 17.3 Å². The fourth-order valence-electron chi connectivity index (χ4n) is 3.45. The van der Waals surface area contributed by atoms with Crippen LogP contribution < -0.4 is 9.47 Å². The van der Waals surface area contributed by atoms with E-state index in [-0.39, 0.29) is 17.7 Å². The largest absolute Gasteiger partial charge is 0.485 e. The predicted molar refractivity (Wildman–Crippen MR) is 109 cm³/mol. The van der Waals surface area contributed by atoms with E-state index in [0.29, 0.717) is 29.8 Å². The van der Waals surface area contributed by atoms with E-state index in [4.69, 9.17) is 14.2 Å². The molecule has 0 bridgehead atoms. The lowest BCUT2D eigenvalue weighted by Gasteiger charge is -2.24. The molecule has 6 nitrogen and oxygen atoms in total. The van der Waals surface area contributed by atoms with Crippen molar-refractivity contribution in [2.24, 2.45) is 5.92 Å². The van der Waals surface area contributed by atoms with Gasteiger partial charge in [0.15, 0.2) is 29.2 Å². The monoisotopic (exact) mass is 404 g/mol. The van der Waals surface area contributed by atoms with Gasteiger partial charge in [0.25, 0.3) is 0 Å². The zero-order chi connectivity index (χ0) is 21.2. The first-order chi connectivity index (χ1) is 13.9. The van der Waals surface area contributed by atoms with E-state index >= 15 is 0 Å². The lowest BCUT2D eigenvalue weighted by Crippen LogP contribution is -2.34. The van der Waals surface area contributed by atoms with Gasteiger partial charge in [0.2, 0.25) is 0 Å². The fourth-order valence-corrected chi connectivity index (χ4v) is 3.45. The molecule has 0 aromatic heterocycles. The Balaban J connectivity index is 0.000000164. The second kappa shape index (κ2) is 11.7. The van der Waals surface area contributed by atoms with E-state index < -0.39 is 6.10 Å². The van der Waals surface area contributed by atoms with E-state index in [0.717, 1.165) is 32.3 Å².